The average molecular weight is 461 g/mol. The van der Waals surface area contributed by atoms with Crippen LogP contribution in [0.15, 0.2) is 24.3 Å². The summed E-state index contributed by atoms with van der Waals surface area (Å²) < 4.78 is 1.50. The Morgan fingerprint density at radius 3 is 2.17 bits per heavy atom. The van der Waals surface area contributed by atoms with Gasteiger partial charge in [-0.3, -0.25) is 0 Å². The largest absolute Gasteiger partial charge is 0.303 e. The number of benzene rings is 1. The summed E-state index contributed by atoms with van der Waals surface area (Å²) in [7, 11) is 0. The molecule has 134 valence electrons. The number of terminal acetylenes is 1. The summed E-state index contributed by atoms with van der Waals surface area (Å²) >= 11 is 9.02. The van der Waals surface area contributed by atoms with Gasteiger partial charge in [-0.05, 0) is 65.8 Å². The maximum atomic E-state index is 6.40. The second kappa shape index (κ2) is 12.2. The van der Waals surface area contributed by atoms with Gasteiger partial charge in [0.1, 0.15) is 10.6 Å². The minimum absolute atomic E-state index is 0.465. The van der Waals surface area contributed by atoms with Gasteiger partial charge < -0.3 is 4.48 Å². The van der Waals surface area contributed by atoms with E-state index in [1.807, 2.05) is 12.1 Å². The van der Waals surface area contributed by atoms with E-state index in [1.165, 1.54) is 57.2 Å². The Balaban J connectivity index is 2.93. The Bertz CT molecular complexity index is 499. The van der Waals surface area contributed by atoms with Crippen LogP contribution in [0.3, 0.4) is 0 Å². The molecule has 0 spiro atoms. The van der Waals surface area contributed by atoms with Gasteiger partial charge in [0.2, 0.25) is 0 Å². The fourth-order valence-corrected chi connectivity index (χ4v) is 4.66. The molecule has 0 aliphatic rings. The maximum absolute atomic E-state index is 6.40. The molecule has 0 fully saturated rings. The Hall–Kier alpha value is -0.240. The highest BCUT2D eigenvalue weighted by Crippen LogP contribution is 2.28. The molecule has 1 unspecified atom stereocenters. The van der Waals surface area contributed by atoms with E-state index in [1.54, 1.807) is 0 Å². The first-order valence-electron chi connectivity index (χ1n) is 9.26. The first-order chi connectivity index (χ1) is 11.6. The number of halogens is 2. The zero-order valence-electron chi connectivity index (χ0n) is 15.2. The maximum Gasteiger partial charge on any atom is 0.144 e. The number of quaternary nitrogens is 1. The van der Waals surface area contributed by atoms with Crippen molar-refractivity contribution in [2.45, 2.75) is 62.8 Å². The van der Waals surface area contributed by atoms with E-state index in [0.717, 1.165) is 22.5 Å². The van der Waals surface area contributed by atoms with Gasteiger partial charge in [0.25, 0.3) is 0 Å². The van der Waals surface area contributed by atoms with Crippen molar-refractivity contribution in [3.8, 4) is 12.3 Å². The van der Waals surface area contributed by atoms with Crippen molar-refractivity contribution in [1.82, 2.24) is 0 Å². The van der Waals surface area contributed by atoms with Crippen LogP contribution < -0.4 is 0 Å². The van der Waals surface area contributed by atoms with Crippen LogP contribution in [0.5, 0.6) is 0 Å². The summed E-state index contributed by atoms with van der Waals surface area (Å²) in [6.45, 7) is 7.71. The quantitative estimate of drug-likeness (QED) is 0.0837. The van der Waals surface area contributed by atoms with E-state index in [2.05, 4.69) is 54.5 Å². The van der Waals surface area contributed by atoms with Crippen LogP contribution in [0, 0.1) is 12.3 Å². The van der Waals surface area contributed by atoms with Crippen molar-refractivity contribution in [3.63, 3.8) is 0 Å². The summed E-state index contributed by atoms with van der Waals surface area (Å²) in [5.41, 5.74) is 1.24. The summed E-state index contributed by atoms with van der Waals surface area (Å²) in [4.78, 5) is 0. The number of rotatable bonds is 12. The molecule has 0 saturated heterocycles. The molecule has 0 aliphatic carbocycles. The molecular formula is C21H32ClIN+. The number of unbranched alkanes of at least 4 members (excludes halogenated alkanes) is 4. The van der Waals surface area contributed by atoms with Crippen molar-refractivity contribution in [3.05, 3.63) is 34.9 Å². The number of nitrogens with zero attached hydrogens (tertiary/aromatic N) is 1. The molecular weight excluding hydrogens is 429 g/mol. The van der Waals surface area contributed by atoms with Gasteiger partial charge in [0.05, 0.1) is 13.1 Å². The zero-order chi connectivity index (χ0) is 17.8. The lowest BCUT2D eigenvalue weighted by molar-refractivity contribution is -0.927. The third-order valence-corrected chi connectivity index (χ3v) is 6.75. The molecule has 1 rings (SSSR count). The summed E-state index contributed by atoms with van der Waals surface area (Å²) in [6, 6.07) is 8.22. The molecule has 3 heteroatoms. The van der Waals surface area contributed by atoms with E-state index in [9.17, 15) is 0 Å². The molecule has 0 aromatic heterocycles. The lowest BCUT2D eigenvalue weighted by Crippen LogP contribution is -2.55. The van der Waals surface area contributed by atoms with Gasteiger partial charge in [0.15, 0.2) is 0 Å². The summed E-state index contributed by atoms with van der Waals surface area (Å²) in [5.74, 6) is 2.98. The van der Waals surface area contributed by atoms with Gasteiger partial charge in [-0.1, -0.05) is 56.5 Å². The van der Waals surface area contributed by atoms with Crippen molar-refractivity contribution in [2.75, 3.05) is 19.6 Å². The Morgan fingerprint density at radius 1 is 1.08 bits per heavy atom. The second-order valence-electron chi connectivity index (χ2n) is 6.67. The normalized spacial score (nSPS) is 12.8. The third-order valence-electron chi connectivity index (χ3n) is 4.76. The van der Waals surface area contributed by atoms with Crippen LogP contribution in [-0.4, -0.2) is 28.2 Å². The molecule has 24 heavy (non-hydrogen) atoms. The Morgan fingerprint density at radius 2 is 1.67 bits per heavy atom. The monoisotopic (exact) mass is 460 g/mol. The highest BCUT2D eigenvalue weighted by atomic mass is 127. The Kier molecular flexibility index (Phi) is 11.1. The minimum atomic E-state index is 0.465. The molecule has 1 atom stereocenters. The molecule has 0 amide bonds. The lowest BCUT2D eigenvalue weighted by Gasteiger charge is -2.42. The SMILES string of the molecule is C#CC[N+](CCCCC)(CCCCC)C(I)Cc1ccccc1Cl. The standard InChI is InChI=1S/C21H32ClIN/c1-4-7-11-16-24(15-6-3,17-12-8-5-2)21(23)18-19-13-9-10-14-20(19)22/h3,9-10,13-14,21H,4-5,7-8,11-12,15-18H2,1-2H3/q+1. The third kappa shape index (κ3) is 6.94. The fraction of sp³-hybridized carbons (Fsp3) is 0.619. The average Bonchev–Trinajstić information content (AvgIpc) is 2.57. The van der Waals surface area contributed by atoms with Crippen LogP contribution >= 0.6 is 34.2 Å². The van der Waals surface area contributed by atoms with Crippen LogP contribution in [0.4, 0.5) is 0 Å². The van der Waals surface area contributed by atoms with E-state index in [4.69, 9.17) is 18.0 Å². The molecule has 0 N–H and O–H groups in total. The molecule has 1 aromatic carbocycles. The highest BCUT2D eigenvalue weighted by molar-refractivity contribution is 14.1. The molecule has 1 nitrogen and oxygen atoms in total. The first-order valence-corrected chi connectivity index (χ1v) is 10.9. The van der Waals surface area contributed by atoms with E-state index in [-0.39, 0.29) is 0 Å². The molecule has 0 bridgehead atoms. The number of alkyl halides is 1. The van der Waals surface area contributed by atoms with Crippen LogP contribution in [0.25, 0.3) is 0 Å². The van der Waals surface area contributed by atoms with E-state index >= 15 is 0 Å². The first kappa shape index (κ1) is 21.8. The number of hydrogen-bond donors (Lipinski definition) is 0. The topological polar surface area (TPSA) is 0 Å². The summed E-state index contributed by atoms with van der Waals surface area (Å²) in [5, 5.41) is 0.875. The van der Waals surface area contributed by atoms with Crippen molar-refractivity contribution >= 4 is 34.2 Å². The van der Waals surface area contributed by atoms with Crippen molar-refractivity contribution in [1.29, 1.82) is 0 Å². The minimum Gasteiger partial charge on any atom is -0.303 e. The van der Waals surface area contributed by atoms with E-state index in [0.29, 0.717) is 4.05 Å². The van der Waals surface area contributed by atoms with Gasteiger partial charge in [-0.25, -0.2) is 0 Å². The fourth-order valence-electron chi connectivity index (χ4n) is 3.22. The van der Waals surface area contributed by atoms with Gasteiger partial charge in [0, 0.05) is 11.4 Å². The zero-order valence-corrected chi connectivity index (χ0v) is 18.2. The van der Waals surface area contributed by atoms with Crippen LogP contribution in [0.1, 0.15) is 57.9 Å². The van der Waals surface area contributed by atoms with Gasteiger partial charge in [-0.15, -0.1) is 6.42 Å². The van der Waals surface area contributed by atoms with Crippen LogP contribution in [-0.2, 0) is 6.42 Å². The van der Waals surface area contributed by atoms with Gasteiger partial charge >= 0.3 is 0 Å². The Labute approximate surface area is 167 Å². The smallest absolute Gasteiger partial charge is 0.144 e. The van der Waals surface area contributed by atoms with Crippen LogP contribution in [0.2, 0.25) is 5.02 Å². The molecule has 0 radical (unpaired) electrons. The lowest BCUT2D eigenvalue weighted by atomic mass is 10.1. The highest BCUT2D eigenvalue weighted by Gasteiger charge is 2.34. The van der Waals surface area contributed by atoms with Gasteiger partial charge in [-0.2, -0.15) is 0 Å². The number of hydrogen-bond acceptors (Lipinski definition) is 0. The predicted octanol–water partition coefficient (Wildman–Crippen LogP) is 6.47. The van der Waals surface area contributed by atoms with E-state index < -0.39 is 0 Å². The molecule has 1 aromatic rings. The molecule has 0 saturated carbocycles. The molecule has 0 heterocycles. The van der Waals surface area contributed by atoms with Crippen molar-refractivity contribution in [2.24, 2.45) is 0 Å². The predicted molar refractivity (Wildman–Crippen MR) is 116 cm³/mol. The summed E-state index contributed by atoms with van der Waals surface area (Å²) in [6.07, 6.45) is 14.4. The second-order valence-corrected chi connectivity index (χ2v) is 8.52. The molecule has 0 aliphatic heterocycles. The van der Waals surface area contributed by atoms with Crippen molar-refractivity contribution < 1.29 is 4.48 Å².